The second-order valence-corrected chi connectivity index (χ2v) is 7.54. The van der Waals surface area contributed by atoms with Crippen LogP contribution in [-0.4, -0.2) is 45.2 Å². The first kappa shape index (κ1) is 22.4. The van der Waals surface area contributed by atoms with Crippen molar-refractivity contribution in [3.8, 4) is 11.8 Å². The minimum absolute atomic E-state index is 0.0529. The van der Waals surface area contributed by atoms with E-state index in [0.717, 1.165) is 6.42 Å². The summed E-state index contributed by atoms with van der Waals surface area (Å²) >= 11 is 0. The maximum absolute atomic E-state index is 12.8. The Bertz CT molecular complexity index is 929. The number of hydrogen-bond donors (Lipinski definition) is 2. The third-order valence-electron chi connectivity index (χ3n) is 3.77. The maximum atomic E-state index is 12.8. The highest BCUT2D eigenvalue weighted by atomic mass is 32.2. The van der Waals surface area contributed by atoms with Gasteiger partial charge < -0.3 is 14.2 Å². The first-order chi connectivity index (χ1) is 13.8. The van der Waals surface area contributed by atoms with Gasteiger partial charge in [-0.2, -0.15) is 9.97 Å². The van der Waals surface area contributed by atoms with Crippen LogP contribution in [0.25, 0.3) is 0 Å². The van der Waals surface area contributed by atoms with Crippen molar-refractivity contribution in [2.45, 2.75) is 31.3 Å². The Morgan fingerprint density at radius 3 is 2.34 bits per heavy atom. The van der Waals surface area contributed by atoms with Gasteiger partial charge in [-0.15, -0.1) is 0 Å². The number of urea groups is 1. The van der Waals surface area contributed by atoms with Crippen LogP contribution in [0.3, 0.4) is 0 Å². The van der Waals surface area contributed by atoms with Gasteiger partial charge in [0.2, 0.25) is 17.7 Å². The molecule has 0 saturated carbocycles. The predicted octanol–water partition coefficient (Wildman–Crippen LogP) is 2.49. The van der Waals surface area contributed by atoms with Crippen molar-refractivity contribution in [2.24, 2.45) is 0 Å². The Kier molecular flexibility index (Phi) is 7.74. The quantitative estimate of drug-likeness (QED) is 0.628. The van der Waals surface area contributed by atoms with Crippen LogP contribution in [0.1, 0.15) is 31.9 Å². The van der Waals surface area contributed by atoms with Crippen molar-refractivity contribution in [1.29, 1.82) is 0 Å². The number of anilines is 1. The summed E-state index contributed by atoms with van der Waals surface area (Å²) in [4.78, 5) is 20.1. The van der Waals surface area contributed by atoms with E-state index in [0.29, 0.717) is 12.2 Å². The molecule has 1 heterocycles. The summed E-state index contributed by atoms with van der Waals surface area (Å²) in [6.45, 7) is 4.19. The van der Waals surface area contributed by atoms with Gasteiger partial charge in [0, 0.05) is 12.2 Å². The highest BCUT2D eigenvalue weighted by Gasteiger charge is 2.24. The van der Waals surface area contributed by atoms with Gasteiger partial charge in [-0.25, -0.2) is 17.9 Å². The fourth-order valence-corrected chi connectivity index (χ4v) is 3.63. The van der Waals surface area contributed by atoms with Gasteiger partial charge in [0.05, 0.1) is 31.3 Å². The molecule has 11 heteroatoms. The number of aromatic nitrogens is 2. The molecule has 2 aromatic rings. The number of ether oxygens (including phenoxy) is 3. The fourth-order valence-electron chi connectivity index (χ4n) is 2.42. The Labute approximate surface area is 169 Å². The van der Waals surface area contributed by atoms with Gasteiger partial charge in [-0.1, -0.05) is 25.1 Å². The molecule has 0 aliphatic rings. The molecule has 0 aliphatic carbocycles. The molecular weight excluding hydrogens is 400 g/mol. The molecule has 29 heavy (non-hydrogen) atoms. The van der Waals surface area contributed by atoms with E-state index < -0.39 is 22.2 Å². The van der Waals surface area contributed by atoms with Gasteiger partial charge in [-0.05, 0) is 19.4 Å². The average molecular weight is 424 g/mol. The maximum Gasteiger partial charge on any atom is 0.335 e. The molecule has 0 fully saturated rings. The zero-order valence-electron chi connectivity index (χ0n) is 16.6. The number of benzene rings is 1. The molecule has 0 saturated heterocycles. The second-order valence-electron chi connectivity index (χ2n) is 5.89. The van der Waals surface area contributed by atoms with Crippen LogP contribution in [0, 0.1) is 0 Å². The molecule has 0 bridgehead atoms. The first-order valence-corrected chi connectivity index (χ1v) is 10.3. The lowest BCUT2D eigenvalue weighted by molar-refractivity contribution is 0.0644. The number of nitrogens with one attached hydrogen (secondary N) is 2. The third-order valence-corrected chi connectivity index (χ3v) is 5.17. The fraction of sp³-hybridized carbons (Fsp3) is 0.389. The second kappa shape index (κ2) is 10.0. The summed E-state index contributed by atoms with van der Waals surface area (Å²) < 4.78 is 43.1. The summed E-state index contributed by atoms with van der Waals surface area (Å²) in [5.74, 6) is 0.103. The number of nitrogens with zero attached hydrogens (tertiary/aromatic N) is 2. The SMILES string of the molecule is CCCOC(C)c1ccccc1S(=O)(=O)NC(=O)Nc1nc(OC)cc(OC)n1. The van der Waals surface area contributed by atoms with Crippen LogP contribution < -0.4 is 19.5 Å². The molecule has 1 unspecified atom stereocenters. The standard InChI is InChI=1S/C18H24N4O6S/c1-5-10-28-12(2)13-8-6-7-9-14(13)29(24,25)22-18(23)21-17-19-15(26-3)11-16(20-17)27-4/h6-9,11-12H,5,10H2,1-4H3,(H2,19,20,21,22,23). The third kappa shape index (κ3) is 6.03. The summed E-state index contributed by atoms with van der Waals surface area (Å²) in [5.41, 5.74) is 0.445. The van der Waals surface area contributed by atoms with E-state index in [9.17, 15) is 13.2 Å². The molecule has 1 aromatic heterocycles. The Morgan fingerprint density at radius 2 is 1.76 bits per heavy atom. The van der Waals surface area contributed by atoms with E-state index in [-0.39, 0.29) is 22.6 Å². The van der Waals surface area contributed by atoms with Crippen molar-refractivity contribution in [1.82, 2.24) is 14.7 Å². The van der Waals surface area contributed by atoms with Gasteiger partial charge in [-0.3, -0.25) is 5.32 Å². The molecule has 10 nitrogen and oxygen atoms in total. The average Bonchev–Trinajstić information content (AvgIpc) is 2.71. The Hall–Kier alpha value is -2.92. The molecule has 0 radical (unpaired) electrons. The van der Waals surface area contributed by atoms with E-state index in [1.54, 1.807) is 25.1 Å². The van der Waals surface area contributed by atoms with Crippen molar-refractivity contribution in [3.05, 3.63) is 35.9 Å². The monoisotopic (exact) mass is 424 g/mol. The van der Waals surface area contributed by atoms with Crippen molar-refractivity contribution in [3.63, 3.8) is 0 Å². The molecule has 0 aliphatic heterocycles. The summed E-state index contributed by atoms with van der Waals surface area (Å²) in [7, 11) is -1.40. The van der Waals surface area contributed by atoms with Crippen LogP contribution in [0.4, 0.5) is 10.7 Å². The highest BCUT2D eigenvalue weighted by Crippen LogP contribution is 2.25. The van der Waals surface area contributed by atoms with Crippen molar-refractivity contribution < 1.29 is 27.4 Å². The zero-order valence-corrected chi connectivity index (χ0v) is 17.4. The van der Waals surface area contributed by atoms with Gasteiger partial charge >= 0.3 is 6.03 Å². The normalized spacial score (nSPS) is 12.1. The van der Waals surface area contributed by atoms with Gasteiger partial charge in [0.25, 0.3) is 10.0 Å². The Morgan fingerprint density at radius 1 is 1.14 bits per heavy atom. The number of amides is 2. The van der Waals surface area contributed by atoms with E-state index in [2.05, 4.69) is 15.3 Å². The topological polar surface area (TPSA) is 129 Å². The molecule has 2 rings (SSSR count). The van der Waals surface area contributed by atoms with Gasteiger partial charge in [0.15, 0.2) is 0 Å². The molecule has 2 amide bonds. The molecule has 1 atom stereocenters. The number of methoxy groups -OCH3 is 2. The predicted molar refractivity (Wildman–Crippen MR) is 106 cm³/mol. The summed E-state index contributed by atoms with van der Waals surface area (Å²) in [5, 5.41) is 2.26. The van der Waals surface area contributed by atoms with Crippen LogP contribution in [-0.2, 0) is 14.8 Å². The van der Waals surface area contributed by atoms with Crippen LogP contribution in [0.2, 0.25) is 0 Å². The van der Waals surface area contributed by atoms with Crippen LogP contribution >= 0.6 is 0 Å². The lowest BCUT2D eigenvalue weighted by atomic mass is 10.1. The van der Waals surface area contributed by atoms with E-state index in [1.807, 2.05) is 11.6 Å². The minimum Gasteiger partial charge on any atom is -0.481 e. The van der Waals surface area contributed by atoms with E-state index >= 15 is 0 Å². The van der Waals surface area contributed by atoms with E-state index in [4.69, 9.17) is 14.2 Å². The lowest BCUT2D eigenvalue weighted by Gasteiger charge is -2.17. The zero-order chi connectivity index (χ0) is 21.4. The molecule has 2 N–H and O–H groups in total. The van der Waals surface area contributed by atoms with Crippen molar-refractivity contribution >= 4 is 22.0 Å². The van der Waals surface area contributed by atoms with Crippen molar-refractivity contribution in [2.75, 3.05) is 26.1 Å². The number of hydrogen-bond acceptors (Lipinski definition) is 8. The first-order valence-electron chi connectivity index (χ1n) is 8.82. The van der Waals surface area contributed by atoms with Crippen LogP contribution in [0.15, 0.2) is 35.2 Å². The lowest BCUT2D eigenvalue weighted by Crippen LogP contribution is -2.35. The molecule has 0 spiro atoms. The van der Waals surface area contributed by atoms with Crippen LogP contribution in [0.5, 0.6) is 11.8 Å². The Balaban J connectivity index is 2.21. The summed E-state index contributed by atoms with van der Waals surface area (Å²) in [6.07, 6.45) is 0.334. The van der Waals surface area contributed by atoms with Gasteiger partial charge in [0.1, 0.15) is 0 Å². The number of sulfonamides is 1. The molecule has 158 valence electrons. The van der Waals surface area contributed by atoms with E-state index in [1.165, 1.54) is 26.4 Å². The number of rotatable bonds is 9. The minimum atomic E-state index is -4.17. The smallest absolute Gasteiger partial charge is 0.335 e. The molecular formula is C18H24N4O6S. The molecule has 1 aromatic carbocycles. The highest BCUT2D eigenvalue weighted by molar-refractivity contribution is 7.90. The summed E-state index contributed by atoms with van der Waals surface area (Å²) in [6, 6.07) is 6.70. The largest absolute Gasteiger partial charge is 0.481 e. The number of carbonyl (C=O) groups excluding carboxylic acids is 1. The number of carbonyl (C=O) groups is 1.